The van der Waals surface area contributed by atoms with Crippen molar-refractivity contribution in [3.05, 3.63) is 28.8 Å². The van der Waals surface area contributed by atoms with E-state index in [1.165, 1.54) is 0 Å². The summed E-state index contributed by atoms with van der Waals surface area (Å²) in [6.45, 7) is 4.92. The van der Waals surface area contributed by atoms with E-state index in [0.717, 1.165) is 12.8 Å². The lowest BCUT2D eigenvalue weighted by Gasteiger charge is -2.14. The molecule has 94 valence electrons. The normalized spacial score (nSPS) is 10.6. The first-order chi connectivity index (χ1) is 8.10. The molecule has 1 aromatic rings. The van der Waals surface area contributed by atoms with Gasteiger partial charge in [-0.15, -0.1) is 0 Å². The van der Waals surface area contributed by atoms with E-state index in [1.54, 1.807) is 18.2 Å². The van der Waals surface area contributed by atoms with Gasteiger partial charge in [0, 0.05) is 6.54 Å². The fourth-order valence-electron chi connectivity index (χ4n) is 1.64. The SMILES string of the molecule is CCC(CC)CNC(=O)c1cccc(Cl)c1N. The average Bonchev–Trinajstić information content (AvgIpc) is 2.33. The largest absolute Gasteiger partial charge is 0.397 e. The van der Waals surface area contributed by atoms with Crippen molar-refractivity contribution >= 4 is 23.2 Å². The molecule has 0 fully saturated rings. The van der Waals surface area contributed by atoms with Crippen LogP contribution in [-0.4, -0.2) is 12.5 Å². The highest BCUT2D eigenvalue weighted by Crippen LogP contribution is 2.22. The lowest BCUT2D eigenvalue weighted by molar-refractivity contribution is 0.0947. The second kappa shape index (κ2) is 6.50. The van der Waals surface area contributed by atoms with Crippen LogP contribution in [0.1, 0.15) is 37.0 Å². The zero-order chi connectivity index (χ0) is 12.8. The van der Waals surface area contributed by atoms with Crippen molar-refractivity contribution in [2.45, 2.75) is 26.7 Å². The van der Waals surface area contributed by atoms with E-state index in [1.807, 2.05) is 0 Å². The molecule has 0 atom stereocenters. The minimum absolute atomic E-state index is 0.156. The fraction of sp³-hybridized carbons (Fsp3) is 0.462. The Morgan fingerprint density at radius 3 is 2.65 bits per heavy atom. The van der Waals surface area contributed by atoms with Gasteiger partial charge in [0.15, 0.2) is 0 Å². The van der Waals surface area contributed by atoms with Crippen molar-refractivity contribution in [1.82, 2.24) is 5.32 Å². The van der Waals surface area contributed by atoms with E-state index < -0.39 is 0 Å². The van der Waals surface area contributed by atoms with Crippen molar-refractivity contribution < 1.29 is 4.79 Å². The smallest absolute Gasteiger partial charge is 0.253 e. The van der Waals surface area contributed by atoms with Gasteiger partial charge in [-0.2, -0.15) is 0 Å². The number of hydrogen-bond donors (Lipinski definition) is 2. The molecular weight excluding hydrogens is 236 g/mol. The third-order valence-corrected chi connectivity index (χ3v) is 3.33. The van der Waals surface area contributed by atoms with E-state index in [9.17, 15) is 4.79 Å². The molecule has 0 aliphatic heterocycles. The zero-order valence-corrected chi connectivity index (χ0v) is 11.1. The van der Waals surface area contributed by atoms with Gasteiger partial charge in [0.2, 0.25) is 0 Å². The third-order valence-electron chi connectivity index (χ3n) is 3.00. The van der Waals surface area contributed by atoms with Gasteiger partial charge in [0.25, 0.3) is 5.91 Å². The van der Waals surface area contributed by atoms with Gasteiger partial charge in [-0.1, -0.05) is 44.4 Å². The maximum atomic E-state index is 11.9. The van der Waals surface area contributed by atoms with Crippen molar-refractivity contribution in [3.63, 3.8) is 0 Å². The molecule has 0 saturated carbocycles. The second-order valence-corrected chi connectivity index (χ2v) is 4.50. The van der Waals surface area contributed by atoms with E-state index >= 15 is 0 Å². The summed E-state index contributed by atoms with van der Waals surface area (Å²) < 4.78 is 0. The number of anilines is 1. The third kappa shape index (κ3) is 3.63. The molecule has 0 bridgehead atoms. The van der Waals surface area contributed by atoms with E-state index in [0.29, 0.717) is 28.7 Å². The summed E-state index contributed by atoms with van der Waals surface area (Å²) in [4.78, 5) is 11.9. The summed E-state index contributed by atoms with van der Waals surface area (Å²) in [5, 5.41) is 3.31. The number of nitrogens with one attached hydrogen (secondary N) is 1. The molecule has 3 N–H and O–H groups in total. The van der Waals surface area contributed by atoms with Crippen LogP contribution < -0.4 is 11.1 Å². The number of rotatable bonds is 5. The first-order valence-corrected chi connectivity index (χ1v) is 6.30. The Kier molecular flexibility index (Phi) is 5.29. The van der Waals surface area contributed by atoms with Crippen LogP contribution in [0.25, 0.3) is 0 Å². The fourth-order valence-corrected chi connectivity index (χ4v) is 1.82. The molecule has 0 aromatic heterocycles. The van der Waals surface area contributed by atoms with Gasteiger partial charge in [0.05, 0.1) is 16.3 Å². The predicted octanol–water partition coefficient (Wildman–Crippen LogP) is 3.09. The molecule has 0 saturated heterocycles. The summed E-state index contributed by atoms with van der Waals surface area (Å²) in [7, 11) is 0. The van der Waals surface area contributed by atoms with E-state index in [-0.39, 0.29) is 5.91 Å². The van der Waals surface area contributed by atoms with E-state index in [4.69, 9.17) is 17.3 Å². The predicted molar refractivity (Wildman–Crippen MR) is 72.3 cm³/mol. The first-order valence-electron chi connectivity index (χ1n) is 5.92. The molecule has 0 aliphatic carbocycles. The standard InChI is InChI=1S/C13H19ClN2O/c1-3-9(4-2)8-16-13(17)10-6-5-7-11(14)12(10)15/h5-7,9H,3-4,8,15H2,1-2H3,(H,16,17). The minimum atomic E-state index is -0.156. The quantitative estimate of drug-likeness (QED) is 0.794. The summed E-state index contributed by atoms with van der Waals surface area (Å²) in [5.74, 6) is 0.358. The zero-order valence-electron chi connectivity index (χ0n) is 10.3. The van der Waals surface area contributed by atoms with Crippen molar-refractivity contribution in [3.8, 4) is 0 Å². The molecule has 0 spiro atoms. The molecule has 4 heteroatoms. The Labute approximate surface area is 107 Å². The van der Waals surface area contributed by atoms with Crippen LogP contribution in [0.2, 0.25) is 5.02 Å². The van der Waals surface area contributed by atoms with Gasteiger partial charge in [-0.3, -0.25) is 4.79 Å². The molecule has 0 heterocycles. The summed E-state index contributed by atoms with van der Waals surface area (Å²) in [5.41, 5.74) is 6.55. The molecule has 17 heavy (non-hydrogen) atoms. The van der Waals surface area contributed by atoms with Gasteiger partial charge >= 0.3 is 0 Å². The lowest BCUT2D eigenvalue weighted by atomic mass is 10.0. The molecule has 0 radical (unpaired) electrons. The maximum absolute atomic E-state index is 11.9. The van der Waals surface area contributed by atoms with Crippen LogP contribution in [0.15, 0.2) is 18.2 Å². The number of carbonyl (C=O) groups is 1. The molecule has 0 aliphatic rings. The van der Waals surface area contributed by atoms with Crippen LogP contribution in [0, 0.1) is 5.92 Å². The molecule has 1 amide bonds. The Morgan fingerprint density at radius 2 is 2.06 bits per heavy atom. The van der Waals surface area contributed by atoms with Crippen LogP contribution >= 0.6 is 11.6 Å². The lowest BCUT2D eigenvalue weighted by Crippen LogP contribution is -2.29. The number of nitrogens with two attached hydrogens (primary N) is 1. The number of halogens is 1. The van der Waals surface area contributed by atoms with Crippen LogP contribution in [0.5, 0.6) is 0 Å². The Morgan fingerprint density at radius 1 is 1.41 bits per heavy atom. The molecular formula is C13H19ClN2O. The Balaban J connectivity index is 2.67. The molecule has 3 nitrogen and oxygen atoms in total. The molecule has 0 unspecified atom stereocenters. The van der Waals surface area contributed by atoms with E-state index in [2.05, 4.69) is 19.2 Å². The highest BCUT2D eigenvalue weighted by molar-refractivity contribution is 6.33. The Hall–Kier alpha value is -1.22. The molecule has 1 aromatic carbocycles. The number of hydrogen-bond acceptors (Lipinski definition) is 2. The number of carbonyl (C=O) groups excluding carboxylic acids is 1. The molecule has 1 rings (SSSR count). The van der Waals surface area contributed by atoms with Gasteiger partial charge in [-0.05, 0) is 18.1 Å². The van der Waals surface area contributed by atoms with Gasteiger partial charge in [0.1, 0.15) is 0 Å². The summed E-state index contributed by atoms with van der Waals surface area (Å²) in [6.07, 6.45) is 2.11. The number of amides is 1. The van der Waals surface area contributed by atoms with Crippen molar-refractivity contribution in [1.29, 1.82) is 0 Å². The number of benzene rings is 1. The number of para-hydroxylation sites is 1. The van der Waals surface area contributed by atoms with Crippen LogP contribution in [0.3, 0.4) is 0 Å². The minimum Gasteiger partial charge on any atom is -0.397 e. The Bertz CT molecular complexity index is 389. The van der Waals surface area contributed by atoms with Crippen molar-refractivity contribution in [2.75, 3.05) is 12.3 Å². The van der Waals surface area contributed by atoms with Crippen LogP contribution in [0.4, 0.5) is 5.69 Å². The maximum Gasteiger partial charge on any atom is 0.253 e. The first kappa shape index (κ1) is 13.8. The highest BCUT2D eigenvalue weighted by Gasteiger charge is 2.12. The average molecular weight is 255 g/mol. The summed E-state index contributed by atoms with van der Waals surface area (Å²) >= 11 is 5.87. The van der Waals surface area contributed by atoms with Crippen molar-refractivity contribution in [2.24, 2.45) is 5.92 Å². The monoisotopic (exact) mass is 254 g/mol. The topological polar surface area (TPSA) is 55.1 Å². The highest BCUT2D eigenvalue weighted by atomic mass is 35.5. The number of nitrogen functional groups attached to an aromatic ring is 1. The van der Waals surface area contributed by atoms with Gasteiger partial charge in [-0.25, -0.2) is 0 Å². The second-order valence-electron chi connectivity index (χ2n) is 4.09. The van der Waals surface area contributed by atoms with Crippen LogP contribution in [-0.2, 0) is 0 Å². The summed E-state index contributed by atoms with van der Waals surface area (Å²) in [6, 6.07) is 5.09. The van der Waals surface area contributed by atoms with Gasteiger partial charge < -0.3 is 11.1 Å².